The molecule has 0 aliphatic heterocycles. The van der Waals surface area contributed by atoms with Gasteiger partial charge in [0.25, 0.3) is 0 Å². The largest absolute Gasteiger partial charge is 0.481 e. The summed E-state index contributed by atoms with van der Waals surface area (Å²) >= 11 is 8.64. The quantitative estimate of drug-likeness (QED) is 0.239. The number of carboxylic acid groups (broad SMARTS) is 1. The van der Waals surface area contributed by atoms with Crippen LogP contribution >= 0.6 is 25.3 Å². The minimum Gasteiger partial charge on any atom is -0.481 e. The summed E-state index contributed by atoms with van der Waals surface area (Å²) in [5.41, 5.74) is 0. The molecule has 0 rings (SSSR count). The van der Waals surface area contributed by atoms with Crippen molar-refractivity contribution in [3.63, 3.8) is 0 Å². The molecule has 2 N–H and O–H groups in total. The number of carbonyl (C=O) groups is 3. The van der Waals surface area contributed by atoms with E-state index >= 15 is 0 Å². The summed E-state index contributed by atoms with van der Waals surface area (Å²) in [6.07, 6.45) is 4.69. The number of nitrogens with zero attached hydrogens (tertiary/aromatic N) is 1. The minimum absolute atomic E-state index is 0.00895. The van der Waals surface area contributed by atoms with E-state index < -0.39 is 5.97 Å². The lowest BCUT2D eigenvalue weighted by molar-refractivity contribution is -0.137. The highest BCUT2D eigenvalue weighted by atomic mass is 32.1. The molecule has 8 heteroatoms. The van der Waals surface area contributed by atoms with Gasteiger partial charge in [0.1, 0.15) is 5.78 Å². The number of carboxylic acids is 1. The van der Waals surface area contributed by atoms with Crippen molar-refractivity contribution in [1.82, 2.24) is 10.2 Å². The van der Waals surface area contributed by atoms with Crippen molar-refractivity contribution in [3.05, 3.63) is 0 Å². The molecule has 0 aromatic carbocycles. The van der Waals surface area contributed by atoms with Gasteiger partial charge in [0.15, 0.2) is 0 Å². The predicted octanol–water partition coefficient (Wildman–Crippen LogP) is 2.04. The number of amides is 1. The fourth-order valence-corrected chi connectivity index (χ4v) is 3.13. The molecule has 146 valence electrons. The zero-order chi connectivity index (χ0) is 19.1. The van der Waals surface area contributed by atoms with Gasteiger partial charge >= 0.3 is 5.97 Å². The van der Waals surface area contributed by atoms with E-state index in [4.69, 9.17) is 5.11 Å². The molecule has 0 spiro atoms. The zero-order valence-corrected chi connectivity index (χ0v) is 16.9. The second kappa shape index (κ2) is 15.5. The second-order valence-corrected chi connectivity index (χ2v) is 7.38. The molecule has 0 radical (unpaired) electrons. The van der Waals surface area contributed by atoms with Crippen LogP contribution in [0.3, 0.4) is 0 Å². The highest BCUT2D eigenvalue weighted by Gasteiger charge is 2.10. The van der Waals surface area contributed by atoms with Crippen LogP contribution in [0, 0.1) is 0 Å². The predicted molar refractivity (Wildman–Crippen MR) is 107 cm³/mol. The molecule has 0 fully saturated rings. The maximum Gasteiger partial charge on any atom is 0.304 e. The van der Waals surface area contributed by atoms with E-state index in [1.165, 1.54) is 6.92 Å². The first-order chi connectivity index (χ1) is 11.8. The van der Waals surface area contributed by atoms with Crippen LogP contribution < -0.4 is 5.32 Å². The number of aliphatic carboxylic acids is 1. The highest BCUT2D eigenvalue weighted by molar-refractivity contribution is 7.81. The first-order valence-electron chi connectivity index (χ1n) is 8.84. The molecular formula is C17H32N2O4S2. The molecule has 0 saturated heterocycles. The van der Waals surface area contributed by atoms with E-state index in [0.29, 0.717) is 44.3 Å². The average molecular weight is 393 g/mol. The van der Waals surface area contributed by atoms with E-state index in [2.05, 4.69) is 30.6 Å². The fraction of sp³-hybridized carbons (Fsp3) is 0.824. The lowest BCUT2D eigenvalue weighted by Crippen LogP contribution is -2.37. The summed E-state index contributed by atoms with van der Waals surface area (Å²) in [6.45, 7) is 3.43. The molecule has 1 unspecified atom stereocenters. The maximum atomic E-state index is 11.8. The Morgan fingerprint density at radius 3 is 2.32 bits per heavy atom. The normalized spacial score (nSPS) is 12.2. The lowest BCUT2D eigenvalue weighted by atomic mass is 10.1. The van der Waals surface area contributed by atoms with Crippen molar-refractivity contribution in [2.45, 2.75) is 57.1 Å². The maximum absolute atomic E-state index is 11.8. The second-order valence-electron chi connectivity index (χ2n) is 6.20. The van der Waals surface area contributed by atoms with E-state index in [9.17, 15) is 14.4 Å². The van der Waals surface area contributed by atoms with Gasteiger partial charge in [-0.25, -0.2) is 0 Å². The molecule has 0 aromatic heterocycles. The first-order valence-corrected chi connectivity index (χ1v) is 9.99. The zero-order valence-electron chi connectivity index (χ0n) is 15.1. The molecule has 0 heterocycles. The van der Waals surface area contributed by atoms with E-state index in [0.717, 1.165) is 31.4 Å². The van der Waals surface area contributed by atoms with Gasteiger partial charge in [-0.1, -0.05) is 6.42 Å². The number of nitrogens with one attached hydrogen (secondary N) is 1. The number of Topliss-reactive ketones (excluding diaryl/α,β-unsaturated/α-hetero) is 1. The van der Waals surface area contributed by atoms with Gasteiger partial charge in [-0.05, 0) is 31.9 Å². The third-order valence-electron chi connectivity index (χ3n) is 3.83. The van der Waals surface area contributed by atoms with Gasteiger partial charge < -0.3 is 15.3 Å². The van der Waals surface area contributed by atoms with Crippen LogP contribution in [-0.4, -0.2) is 64.8 Å². The van der Waals surface area contributed by atoms with Crippen LogP contribution in [0.25, 0.3) is 0 Å². The number of hydrogen-bond donors (Lipinski definition) is 4. The Balaban J connectivity index is 3.90. The summed E-state index contributed by atoms with van der Waals surface area (Å²) in [6, 6.07) is 0. The fourth-order valence-electron chi connectivity index (χ4n) is 2.31. The molecular weight excluding hydrogens is 360 g/mol. The monoisotopic (exact) mass is 392 g/mol. The smallest absolute Gasteiger partial charge is 0.304 e. The topological polar surface area (TPSA) is 86.7 Å². The van der Waals surface area contributed by atoms with Gasteiger partial charge in [0.05, 0.1) is 6.42 Å². The number of carbonyl (C=O) groups excluding carboxylic acids is 2. The molecule has 0 bridgehead atoms. The summed E-state index contributed by atoms with van der Waals surface area (Å²) in [4.78, 5) is 35.5. The first kappa shape index (κ1) is 24.3. The standard InChI is InChI=1S/C17H32N2O4S2/c1-14(20)6-10-19(11-7-17(22)23)12-9-18-16(21)5-3-2-4-15(25)8-13-24/h15,24-25H,2-13H2,1H3,(H,18,21)(H,22,23). The third-order valence-corrected chi connectivity index (χ3v) is 4.60. The number of thiol groups is 2. The highest BCUT2D eigenvalue weighted by Crippen LogP contribution is 2.12. The number of unbranched alkanes of at least 4 members (excludes halogenated alkanes) is 1. The van der Waals surface area contributed by atoms with Crippen molar-refractivity contribution < 1.29 is 19.5 Å². The summed E-state index contributed by atoms with van der Waals surface area (Å²) in [5, 5.41) is 12.0. The molecule has 25 heavy (non-hydrogen) atoms. The Labute approximate surface area is 161 Å². The van der Waals surface area contributed by atoms with Crippen molar-refractivity contribution in [3.8, 4) is 0 Å². The van der Waals surface area contributed by atoms with E-state index in [1.807, 2.05) is 4.90 Å². The molecule has 0 saturated carbocycles. The molecule has 0 aliphatic carbocycles. The average Bonchev–Trinajstić information content (AvgIpc) is 2.53. The Hall–Kier alpha value is -0.730. The van der Waals surface area contributed by atoms with Crippen LogP contribution in [0.1, 0.15) is 51.9 Å². The van der Waals surface area contributed by atoms with E-state index in [-0.39, 0.29) is 18.1 Å². The number of hydrogen-bond acceptors (Lipinski definition) is 6. The molecule has 1 amide bonds. The van der Waals surface area contributed by atoms with Crippen molar-refractivity contribution in [1.29, 1.82) is 0 Å². The Kier molecular flexibility index (Phi) is 15.1. The van der Waals surface area contributed by atoms with Crippen molar-refractivity contribution in [2.75, 3.05) is 31.9 Å². The molecule has 6 nitrogen and oxygen atoms in total. The summed E-state index contributed by atoms with van der Waals surface area (Å²) in [5.74, 6) is 0.0492. The lowest BCUT2D eigenvalue weighted by Gasteiger charge is -2.21. The Bertz CT molecular complexity index is 390. The Morgan fingerprint density at radius 1 is 1.04 bits per heavy atom. The minimum atomic E-state index is -0.864. The van der Waals surface area contributed by atoms with Crippen LogP contribution in [-0.2, 0) is 14.4 Å². The van der Waals surface area contributed by atoms with Crippen molar-refractivity contribution >= 4 is 42.9 Å². The van der Waals surface area contributed by atoms with Gasteiger partial charge in [0.2, 0.25) is 5.91 Å². The van der Waals surface area contributed by atoms with Crippen LogP contribution in [0.5, 0.6) is 0 Å². The SMILES string of the molecule is CC(=O)CCN(CCNC(=O)CCCCC(S)CCS)CCC(=O)O. The van der Waals surface area contributed by atoms with Gasteiger partial charge in [-0.15, -0.1) is 0 Å². The van der Waals surface area contributed by atoms with Crippen molar-refractivity contribution in [2.24, 2.45) is 0 Å². The van der Waals surface area contributed by atoms with Crippen LogP contribution in [0.4, 0.5) is 0 Å². The molecule has 0 aliphatic rings. The number of ketones is 1. The number of rotatable bonds is 16. The Morgan fingerprint density at radius 2 is 1.72 bits per heavy atom. The van der Waals surface area contributed by atoms with E-state index in [1.54, 1.807) is 0 Å². The summed E-state index contributed by atoms with van der Waals surface area (Å²) < 4.78 is 0. The van der Waals surface area contributed by atoms with Gasteiger partial charge in [-0.2, -0.15) is 25.3 Å². The molecule has 0 aromatic rings. The molecule has 1 atom stereocenters. The van der Waals surface area contributed by atoms with Crippen LogP contribution in [0.15, 0.2) is 0 Å². The van der Waals surface area contributed by atoms with Gasteiger partial charge in [0, 0.05) is 44.3 Å². The van der Waals surface area contributed by atoms with Gasteiger partial charge in [-0.3, -0.25) is 14.4 Å². The summed E-state index contributed by atoms with van der Waals surface area (Å²) in [7, 11) is 0. The third kappa shape index (κ3) is 16.5. The van der Waals surface area contributed by atoms with Crippen LogP contribution in [0.2, 0.25) is 0 Å².